The van der Waals surface area contributed by atoms with Gasteiger partial charge >= 0.3 is 0 Å². The van der Waals surface area contributed by atoms with Gasteiger partial charge in [-0.2, -0.15) is 0 Å². The molecule has 0 saturated heterocycles. The van der Waals surface area contributed by atoms with Gasteiger partial charge in [-0.25, -0.2) is 8.78 Å². The van der Waals surface area contributed by atoms with Gasteiger partial charge in [0.05, 0.1) is 23.0 Å². The van der Waals surface area contributed by atoms with E-state index in [-0.39, 0.29) is 23.3 Å². The molecule has 1 aromatic heterocycles. The van der Waals surface area contributed by atoms with E-state index in [1.54, 1.807) is 25.1 Å². The topological polar surface area (TPSA) is 39.1 Å². The number of ketones is 1. The zero-order valence-electron chi connectivity index (χ0n) is 13.3. The van der Waals surface area contributed by atoms with Gasteiger partial charge in [0.1, 0.15) is 11.6 Å². The normalized spacial score (nSPS) is 11.0. The maximum Gasteiger partial charge on any atom is 0.203 e. The number of aromatic nitrogens is 1. The van der Waals surface area contributed by atoms with Crippen molar-refractivity contribution < 1.29 is 13.6 Å². The number of rotatable bonds is 3. The number of Topliss-reactive ketones (excluding diaryl/α,β-unsaturated/α-hetero) is 1. The van der Waals surface area contributed by atoms with Gasteiger partial charge in [-0.05, 0) is 37.6 Å². The third-order valence-corrected chi connectivity index (χ3v) is 3.99. The summed E-state index contributed by atoms with van der Waals surface area (Å²) in [6.07, 6.45) is 1.37. The second kappa shape index (κ2) is 6.00. The Balaban J connectivity index is 2.27. The number of hydrogen-bond donors (Lipinski definition) is 0. The second-order valence-electron chi connectivity index (χ2n) is 5.78. The fraction of sp³-hybridized carbons (Fsp3) is 0.158. The van der Waals surface area contributed by atoms with Crippen LogP contribution in [-0.4, -0.2) is 10.4 Å². The number of carbonyl (C=O) groups is 1. The summed E-state index contributed by atoms with van der Waals surface area (Å²) >= 11 is 0. The van der Waals surface area contributed by atoms with Gasteiger partial charge in [0.15, 0.2) is 5.78 Å². The van der Waals surface area contributed by atoms with Crippen molar-refractivity contribution in [1.82, 2.24) is 4.57 Å². The van der Waals surface area contributed by atoms with E-state index in [1.165, 1.54) is 35.9 Å². The van der Waals surface area contributed by atoms with Crippen molar-refractivity contribution in [3.63, 3.8) is 0 Å². The fourth-order valence-electron chi connectivity index (χ4n) is 2.74. The minimum absolute atomic E-state index is 0.0899. The smallest absolute Gasteiger partial charge is 0.203 e. The number of halogens is 2. The molecule has 3 aromatic rings. The second-order valence-corrected chi connectivity index (χ2v) is 5.78. The monoisotopic (exact) mass is 327 g/mol. The van der Waals surface area contributed by atoms with Gasteiger partial charge < -0.3 is 4.57 Å². The number of hydrogen-bond acceptors (Lipinski definition) is 2. The van der Waals surface area contributed by atoms with Crippen LogP contribution < -0.4 is 5.43 Å². The first-order chi connectivity index (χ1) is 11.4. The Morgan fingerprint density at radius 1 is 1.12 bits per heavy atom. The summed E-state index contributed by atoms with van der Waals surface area (Å²) in [6, 6.07) is 9.05. The Labute approximate surface area is 137 Å². The van der Waals surface area contributed by atoms with Gasteiger partial charge in [0.25, 0.3) is 0 Å². The summed E-state index contributed by atoms with van der Waals surface area (Å²) in [7, 11) is 0. The number of aryl methyl sites for hydroxylation is 1. The molecule has 0 N–H and O–H groups in total. The highest BCUT2D eigenvalue weighted by Gasteiger charge is 2.16. The molecule has 0 unspecified atom stereocenters. The van der Waals surface area contributed by atoms with Crippen LogP contribution in [0.15, 0.2) is 47.4 Å². The molecule has 0 aliphatic heterocycles. The molecule has 0 atom stereocenters. The zero-order valence-corrected chi connectivity index (χ0v) is 13.3. The molecule has 0 spiro atoms. The SMILES string of the molecule is CC(=O)c1cn(Cc2ccc(C)cc2F)c2cccc(F)c2c1=O. The van der Waals surface area contributed by atoms with Crippen molar-refractivity contribution in [2.24, 2.45) is 0 Å². The van der Waals surface area contributed by atoms with Crippen LogP contribution in [0.5, 0.6) is 0 Å². The molecular weight excluding hydrogens is 312 g/mol. The molecule has 0 radical (unpaired) electrons. The predicted octanol–water partition coefficient (Wildman–Crippen LogP) is 3.84. The van der Waals surface area contributed by atoms with Crippen molar-refractivity contribution in [2.75, 3.05) is 0 Å². The quantitative estimate of drug-likeness (QED) is 0.686. The molecule has 0 fully saturated rings. The number of benzene rings is 2. The number of pyridine rings is 1. The standard InChI is InChI=1S/C19H15F2NO2/c1-11-6-7-13(16(21)8-11)9-22-10-14(12(2)23)19(24)18-15(20)4-3-5-17(18)22/h3-8,10H,9H2,1-2H3. The lowest BCUT2D eigenvalue weighted by molar-refractivity contribution is 0.101. The van der Waals surface area contributed by atoms with Crippen molar-refractivity contribution in [1.29, 1.82) is 0 Å². The summed E-state index contributed by atoms with van der Waals surface area (Å²) in [4.78, 5) is 24.1. The third kappa shape index (κ3) is 2.73. The molecule has 1 heterocycles. The van der Waals surface area contributed by atoms with Crippen molar-refractivity contribution in [3.8, 4) is 0 Å². The van der Waals surface area contributed by atoms with Gasteiger partial charge in [0.2, 0.25) is 5.43 Å². The van der Waals surface area contributed by atoms with Crippen LogP contribution in [0, 0.1) is 18.6 Å². The van der Waals surface area contributed by atoms with Crippen molar-refractivity contribution >= 4 is 16.7 Å². The van der Waals surface area contributed by atoms with E-state index in [2.05, 4.69) is 0 Å². The third-order valence-electron chi connectivity index (χ3n) is 3.99. The lowest BCUT2D eigenvalue weighted by atomic mass is 10.1. The Hall–Kier alpha value is -2.82. The number of nitrogens with zero attached hydrogens (tertiary/aromatic N) is 1. The molecule has 3 rings (SSSR count). The Bertz CT molecular complexity index is 1020. The highest BCUT2D eigenvalue weighted by Crippen LogP contribution is 2.19. The summed E-state index contributed by atoms with van der Waals surface area (Å²) < 4.78 is 29.8. The Morgan fingerprint density at radius 3 is 2.54 bits per heavy atom. The van der Waals surface area contributed by atoms with Crippen LogP contribution in [-0.2, 0) is 6.54 Å². The molecule has 0 saturated carbocycles. The van der Waals surface area contributed by atoms with Crippen LogP contribution in [0.1, 0.15) is 28.4 Å². The zero-order chi connectivity index (χ0) is 17.4. The van der Waals surface area contributed by atoms with Gasteiger partial charge in [-0.1, -0.05) is 18.2 Å². The van der Waals surface area contributed by atoms with Gasteiger partial charge in [-0.3, -0.25) is 9.59 Å². The first-order valence-electron chi connectivity index (χ1n) is 7.46. The molecular formula is C19H15F2NO2. The van der Waals surface area contributed by atoms with Crippen LogP contribution in [0.4, 0.5) is 8.78 Å². The average molecular weight is 327 g/mol. The molecule has 3 nitrogen and oxygen atoms in total. The molecule has 0 bridgehead atoms. The van der Waals surface area contributed by atoms with E-state index in [0.717, 1.165) is 5.56 Å². The molecule has 0 aliphatic rings. The first-order valence-corrected chi connectivity index (χ1v) is 7.46. The lowest BCUT2D eigenvalue weighted by Crippen LogP contribution is -2.19. The van der Waals surface area contributed by atoms with E-state index in [0.29, 0.717) is 11.1 Å². The van der Waals surface area contributed by atoms with Crippen molar-refractivity contribution in [2.45, 2.75) is 20.4 Å². The maximum absolute atomic E-state index is 14.1. The van der Waals surface area contributed by atoms with E-state index in [4.69, 9.17) is 0 Å². The molecule has 24 heavy (non-hydrogen) atoms. The van der Waals surface area contributed by atoms with Crippen LogP contribution >= 0.6 is 0 Å². The van der Waals surface area contributed by atoms with Crippen LogP contribution in [0.25, 0.3) is 10.9 Å². The van der Waals surface area contributed by atoms with Crippen LogP contribution in [0.3, 0.4) is 0 Å². The van der Waals surface area contributed by atoms with E-state index < -0.39 is 17.0 Å². The maximum atomic E-state index is 14.1. The number of carbonyl (C=O) groups excluding carboxylic acids is 1. The van der Waals surface area contributed by atoms with Gasteiger partial charge in [0, 0.05) is 11.8 Å². The van der Waals surface area contributed by atoms with E-state index in [1.807, 2.05) is 0 Å². The molecule has 122 valence electrons. The molecule has 2 aromatic carbocycles. The fourth-order valence-corrected chi connectivity index (χ4v) is 2.74. The molecule has 5 heteroatoms. The largest absolute Gasteiger partial charge is 0.342 e. The molecule has 0 amide bonds. The minimum atomic E-state index is -0.696. The highest BCUT2D eigenvalue weighted by molar-refractivity contribution is 5.97. The molecule has 0 aliphatic carbocycles. The highest BCUT2D eigenvalue weighted by atomic mass is 19.1. The minimum Gasteiger partial charge on any atom is -0.342 e. The van der Waals surface area contributed by atoms with Crippen LogP contribution in [0.2, 0.25) is 0 Å². The summed E-state index contributed by atoms with van der Waals surface area (Å²) in [5, 5.41) is -0.155. The lowest BCUT2D eigenvalue weighted by Gasteiger charge is -2.14. The first kappa shape index (κ1) is 16.1. The van der Waals surface area contributed by atoms with Gasteiger partial charge in [-0.15, -0.1) is 0 Å². The Kier molecular flexibility index (Phi) is 4.01. The predicted molar refractivity (Wildman–Crippen MR) is 88.4 cm³/mol. The Morgan fingerprint density at radius 2 is 1.88 bits per heavy atom. The summed E-state index contributed by atoms with van der Waals surface area (Å²) in [5.41, 5.74) is 0.752. The van der Waals surface area contributed by atoms with Crippen molar-refractivity contribution in [3.05, 3.63) is 81.1 Å². The number of fused-ring (bicyclic) bond motifs is 1. The summed E-state index contributed by atoms with van der Waals surface area (Å²) in [6.45, 7) is 3.12. The summed E-state index contributed by atoms with van der Waals surface area (Å²) in [5.74, 6) is -1.54. The average Bonchev–Trinajstić information content (AvgIpc) is 2.52. The van der Waals surface area contributed by atoms with E-state index in [9.17, 15) is 18.4 Å². The van der Waals surface area contributed by atoms with E-state index >= 15 is 0 Å².